The van der Waals surface area contributed by atoms with E-state index < -0.39 is 0 Å². The zero-order valence-corrected chi connectivity index (χ0v) is 11.8. The molecule has 1 heterocycles. The molecule has 1 aliphatic rings. The molecule has 1 heteroatoms. The lowest BCUT2D eigenvalue weighted by Gasteiger charge is -2.17. The molecule has 1 aromatic carbocycles. The molecule has 98 valence electrons. The van der Waals surface area contributed by atoms with E-state index in [0.29, 0.717) is 5.92 Å². The normalized spacial score (nSPS) is 17.4. The topological polar surface area (TPSA) is 4.93 Å². The van der Waals surface area contributed by atoms with Crippen LogP contribution < -0.4 is 0 Å². The van der Waals surface area contributed by atoms with Gasteiger partial charge in [0.25, 0.3) is 0 Å². The summed E-state index contributed by atoms with van der Waals surface area (Å²) in [4.78, 5) is 0. The molecule has 2 aromatic rings. The minimum absolute atomic E-state index is 0.571. The highest BCUT2D eigenvalue weighted by atomic mass is 15.0. The number of nitrogens with zero attached hydrogens (tertiary/aromatic N) is 1. The molecular weight excluding hydrogens is 230 g/mol. The van der Waals surface area contributed by atoms with Crippen LogP contribution in [0.4, 0.5) is 0 Å². The van der Waals surface area contributed by atoms with Crippen LogP contribution in [0.15, 0.2) is 42.6 Å². The summed E-state index contributed by atoms with van der Waals surface area (Å²) in [7, 11) is 0. The van der Waals surface area contributed by atoms with E-state index in [9.17, 15) is 0 Å². The van der Waals surface area contributed by atoms with Crippen molar-refractivity contribution >= 4 is 11.6 Å². The summed E-state index contributed by atoms with van der Waals surface area (Å²) in [6.07, 6.45) is 7.03. The summed E-state index contributed by atoms with van der Waals surface area (Å²) in [5, 5.41) is 0. The van der Waals surface area contributed by atoms with E-state index in [1.54, 1.807) is 0 Å². The Labute approximate surface area is 115 Å². The Hall–Kier alpha value is -1.76. The summed E-state index contributed by atoms with van der Waals surface area (Å²) in [5.41, 5.74) is 5.79. The van der Waals surface area contributed by atoms with E-state index in [4.69, 9.17) is 0 Å². The predicted octanol–water partition coefficient (Wildman–Crippen LogP) is 4.95. The summed E-state index contributed by atoms with van der Waals surface area (Å²) < 4.78 is 2.35. The van der Waals surface area contributed by atoms with Crippen LogP contribution in [-0.4, -0.2) is 4.57 Å². The standard InChI is InChI=1S/C18H21N/c1-3-8-16-15-10-6-5-9-14(15)13-17(16)18-11-7-12-19(18)4-2/h5-7,9-13,16H,3-4,8H2,1-2H3. The van der Waals surface area contributed by atoms with Gasteiger partial charge in [-0.2, -0.15) is 0 Å². The van der Waals surface area contributed by atoms with E-state index in [0.717, 1.165) is 6.54 Å². The SMILES string of the molecule is CCCC1C(c2cccn2CC)=Cc2ccccc21. The van der Waals surface area contributed by atoms with Gasteiger partial charge in [0.15, 0.2) is 0 Å². The van der Waals surface area contributed by atoms with Crippen LogP contribution >= 0.6 is 0 Å². The number of hydrogen-bond acceptors (Lipinski definition) is 0. The van der Waals surface area contributed by atoms with Crippen LogP contribution in [-0.2, 0) is 6.54 Å². The zero-order chi connectivity index (χ0) is 13.2. The van der Waals surface area contributed by atoms with Crippen LogP contribution in [0.3, 0.4) is 0 Å². The minimum Gasteiger partial charge on any atom is -0.348 e. The highest BCUT2D eigenvalue weighted by molar-refractivity contribution is 5.90. The molecule has 0 saturated heterocycles. The maximum absolute atomic E-state index is 2.39. The fourth-order valence-corrected chi connectivity index (χ4v) is 3.20. The monoisotopic (exact) mass is 251 g/mol. The second kappa shape index (κ2) is 5.08. The van der Waals surface area contributed by atoms with Crippen molar-refractivity contribution in [2.45, 2.75) is 39.2 Å². The lowest BCUT2D eigenvalue weighted by Crippen LogP contribution is -2.03. The van der Waals surface area contributed by atoms with Gasteiger partial charge in [0.05, 0.1) is 0 Å². The van der Waals surface area contributed by atoms with E-state index >= 15 is 0 Å². The maximum atomic E-state index is 2.39. The van der Waals surface area contributed by atoms with Crippen LogP contribution in [0.25, 0.3) is 11.6 Å². The second-order valence-corrected chi connectivity index (χ2v) is 5.25. The quantitative estimate of drug-likeness (QED) is 0.725. The molecular formula is C18H21N. The molecule has 0 saturated carbocycles. The van der Waals surface area contributed by atoms with Crippen molar-refractivity contribution in [3.63, 3.8) is 0 Å². The molecule has 0 fully saturated rings. The fourth-order valence-electron chi connectivity index (χ4n) is 3.20. The molecule has 1 aromatic heterocycles. The summed E-state index contributed by atoms with van der Waals surface area (Å²) in [6, 6.07) is 13.2. The van der Waals surface area contributed by atoms with Gasteiger partial charge in [-0.3, -0.25) is 0 Å². The van der Waals surface area contributed by atoms with Gasteiger partial charge in [0.1, 0.15) is 0 Å². The molecule has 1 unspecified atom stereocenters. The molecule has 1 atom stereocenters. The Morgan fingerprint density at radius 2 is 1.89 bits per heavy atom. The summed E-state index contributed by atoms with van der Waals surface area (Å²) in [6.45, 7) is 5.52. The molecule has 0 amide bonds. The van der Waals surface area contributed by atoms with Crippen LogP contribution in [0.2, 0.25) is 0 Å². The molecule has 1 nitrogen and oxygen atoms in total. The van der Waals surface area contributed by atoms with Crippen molar-refractivity contribution in [3.05, 3.63) is 59.4 Å². The lowest BCUT2D eigenvalue weighted by molar-refractivity contribution is 0.712. The van der Waals surface area contributed by atoms with Crippen LogP contribution in [0.5, 0.6) is 0 Å². The molecule has 0 spiro atoms. The number of allylic oxidation sites excluding steroid dienone is 1. The van der Waals surface area contributed by atoms with Gasteiger partial charge in [0, 0.05) is 24.4 Å². The highest BCUT2D eigenvalue weighted by Crippen LogP contribution is 2.44. The Balaban J connectivity index is 2.07. The molecule has 0 aliphatic heterocycles. The largest absolute Gasteiger partial charge is 0.348 e. The Bertz CT molecular complexity index is 604. The smallest absolute Gasteiger partial charge is 0.0445 e. The highest BCUT2D eigenvalue weighted by Gasteiger charge is 2.26. The van der Waals surface area contributed by atoms with Gasteiger partial charge in [-0.15, -0.1) is 0 Å². The third-order valence-electron chi connectivity index (χ3n) is 4.10. The first-order valence-corrected chi connectivity index (χ1v) is 7.31. The van der Waals surface area contributed by atoms with Crippen molar-refractivity contribution < 1.29 is 0 Å². The average Bonchev–Trinajstić information content (AvgIpc) is 3.03. The van der Waals surface area contributed by atoms with E-state index in [1.165, 1.54) is 35.2 Å². The van der Waals surface area contributed by atoms with Gasteiger partial charge in [-0.1, -0.05) is 37.6 Å². The van der Waals surface area contributed by atoms with Gasteiger partial charge in [0.2, 0.25) is 0 Å². The minimum atomic E-state index is 0.571. The van der Waals surface area contributed by atoms with Crippen molar-refractivity contribution in [3.8, 4) is 0 Å². The molecule has 0 bridgehead atoms. The third-order valence-corrected chi connectivity index (χ3v) is 4.10. The van der Waals surface area contributed by atoms with E-state index in [1.807, 2.05) is 0 Å². The first-order chi connectivity index (χ1) is 9.35. The second-order valence-electron chi connectivity index (χ2n) is 5.25. The Morgan fingerprint density at radius 3 is 2.68 bits per heavy atom. The Morgan fingerprint density at radius 1 is 1.05 bits per heavy atom. The average molecular weight is 251 g/mol. The van der Waals surface area contributed by atoms with E-state index in [-0.39, 0.29) is 0 Å². The van der Waals surface area contributed by atoms with Gasteiger partial charge < -0.3 is 4.57 Å². The molecule has 0 N–H and O–H groups in total. The number of rotatable bonds is 4. The fraction of sp³-hybridized carbons (Fsp3) is 0.333. The van der Waals surface area contributed by atoms with Crippen molar-refractivity contribution in [2.24, 2.45) is 0 Å². The number of fused-ring (bicyclic) bond motifs is 1. The Kier molecular flexibility index (Phi) is 3.29. The van der Waals surface area contributed by atoms with E-state index in [2.05, 4.69) is 67.1 Å². The predicted molar refractivity (Wildman–Crippen MR) is 82.1 cm³/mol. The van der Waals surface area contributed by atoms with Crippen molar-refractivity contribution in [2.75, 3.05) is 0 Å². The van der Waals surface area contributed by atoms with Gasteiger partial charge >= 0.3 is 0 Å². The van der Waals surface area contributed by atoms with Crippen molar-refractivity contribution in [1.82, 2.24) is 4.57 Å². The molecule has 0 radical (unpaired) electrons. The number of benzene rings is 1. The zero-order valence-electron chi connectivity index (χ0n) is 11.8. The van der Waals surface area contributed by atoms with Gasteiger partial charge in [-0.05, 0) is 48.3 Å². The van der Waals surface area contributed by atoms with Crippen molar-refractivity contribution in [1.29, 1.82) is 0 Å². The van der Waals surface area contributed by atoms with Crippen LogP contribution in [0.1, 0.15) is 49.4 Å². The van der Waals surface area contributed by atoms with Crippen LogP contribution in [0, 0.1) is 0 Å². The third kappa shape index (κ3) is 2.03. The first-order valence-electron chi connectivity index (χ1n) is 7.31. The first kappa shape index (κ1) is 12.3. The number of aromatic nitrogens is 1. The lowest BCUT2D eigenvalue weighted by atomic mass is 9.90. The summed E-state index contributed by atoms with van der Waals surface area (Å²) >= 11 is 0. The molecule has 19 heavy (non-hydrogen) atoms. The summed E-state index contributed by atoms with van der Waals surface area (Å²) in [5.74, 6) is 0.571. The maximum Gasteiger partial charge on any atom is 0.0445 e. The molecule has 1 aliphatic carbocycles. The molecule has 3 rings (SSSR count). The van der Waals surface area contributed by atoms with Gasteiger partial charge in [-0.25, -0.2) is 0 Å². The number of aryl methyl sites for hydroxylation is 1. The number of hydrogen-bond donors (Lipinski definition) is 0.